The second kappa shape index (κ2) is 10.8. The highest BCUT2D eigenvalue weighted by molar-refractivity contribution is 7.13. The van der Waals surface area contributed by atoms with Crippen LogP contribution < -0.4 is 0 Å². The maximum atomic E-state index is 12.1. The average Bonchev–Trinajstić information content (AvgIpc) is 3.85. The molecule has 8 rings (SSSR count). The van der Waals surface area contributed by atoms with Gasteiger partial charge in [0.15, 0.2) is 12.1 Å². The lowest BCUT2D eigenvalue weighted by molar-refractivity contribution is -0.319. The van der Waals surface area contributed by atoms with E-state index in [1.165, 1.54) is 11.3 Å². The molecule has 0 aliphatic carbocycles. The number of imidazole rings is 1. The zero-order chi connectivity index (χ0) is 29.9. The van der Waals surface area contributed by atoms with Crippen molar-refractivity contribution >= 4 is 34.0 Å². The molecule has 2 saturated heterocycles. The number of halogens is 1. The quantitative estimate of drug-likeness (QED) is 0.297. The van der Waals surface area contributed by atoms with Crippen molar-refractivity contribution in [2.75, 3.05) is 6.61 Å². The van der Waals surface area contributed by atoms with E-state index in [-0.39, 0.29) is 6.61 Å². The molecule has 0 saturated carbocycles. The lowest BCUT2D eigenvalue weighted by Gasteiger charge is -2.47. The molecule has 2 aliphatic heterocycles. The third-order valence-corrected chi connectivity index (χ3v) is 9.22. The van der Waals surface area contributed by atoms with Gasteiger partial charge in [0, 0.05) is 18.0 Å². The van der Waals surface area contributed by atoms with Crippen molar-refractivity contribution in [3.63, 3.8) is 0 Å². The van der Waals surface area contributed by atoms with E-state index in [9.17, 15) is 5.11 Å². The van der Waals surface area contributed by atoms with Gasteiger partial charge in [0.25, 0.3) is 0 Å². The molecule has 15 heteroatoms. The number of ether oxygens (including phenoxy) is 3. The molecular formula is C29H26ClN9O4S. The van der Waals surface area contributed by atoms with Crippen LogP contribution in [0.25, 0.3) is 27.4 Å². The summed E-state index contributed by atoms with van der Waals surface area (Å²) in [6, 6.07) is 14.9. The molecule has 0 radical (unpaired) electrons. The zero-order valence-electron chi connectivity index (χ0n) is 23.5. The van der Waals surface area contributed by atoms with E-state index in [1.807, 2.05) is 71.6 Å². The van der Waals surface area contributed by atoms with E-state index in [0.29, 0.717) is 27.5 Å². The third kappa shape index (κ3) is 4.62. The predicted molar refractivity (Wildman–Crippen MR) is 159 cm³/mol. The smallest absolute Gasteiger partial charge is 0.184 e. The van der Waals surface area contributed by atoms with E-state index in [1.54, 1.807) is 22.6 Å². The summed E-state index contributed by atoms with van der Waals surface area (Å²) in [6.45, 7) is 2.08. The molecule has 0 bridgehead atoms. The SMILES string of the molecule is Cc1nnc([C@@H]2OC3COC(c4ccccc4)O[C@@H]3C(n3cc(-c4nc(Cl)cs4)nn3)C2O)n1-c1ccc2ncn(C)c2c1. The van der Waals surface area contributed by atoms with Crippen molar-refractivity contribution in [2.24, 2.45) is 7.05 Å². The van der Waals surface area contributed by atoms with Crippen LogP contribution in [0.5, 0.6) is 0 Å². The summed E-state index contributed by atoms with van der Waals surface area (Å²) in [5.41, 5.74) is 4.02. The Morgan fingerprint density at radius 3 is 2.75 bits per heavy atom. The number of aliphatic hydroxyl groups excluding tert-OH is 1. The van der Waals surface area contributed by atoms with Gasteiger partial charge in [0.2, 0.25) is 0 Å². The minimum absolute atomic E-state index is 0.224. The Morgan fingerprint density at radius 1 is 1.07 bits per heavy atom. The van der Waals surface area contributed by atoms with Crippen molar-refractivity contribution in [3.05, 3.63) is 88.8 Å². The molecule has 44 heavy (non-hydrogen) atoms. The lowest BCUT2D eigenvalue weighted by atomic mass is 9.91. The van der Waals surface area contributed by atoms with Gasteiger partial charge in [0.1, 0.15) is 52.1 Å². The van der Waals surface area contributed by atoms with Crippen LogP contribution in [0, 0.1) is 6.92 Å². The Labute approximate surface area is 259 Å². The maximum Gasteiger partial charge on any atom is 0.184 e. The van der Waals surface area contributed by atoms with Crippen LogP contribution in [0.4, 0.5) is 0 Å². The van der Waals surface area contributed by atoms with Crippen molar-refractivity contribution in [1.82, 2.24) is 44.3 Å². The second-order valence-electron chi connectivity index (χ2n) is 10.8. The highest BCUT2D eigenvalue weighted by Crippen LogP contribution is 2.44. The number of hydrogen-bond acceptors (Lipinski definition) is 11. The lowest BCUT2D eigenvalue weighted by Crippen LogP contribution is -2.57. The number of aromatic nitrogens is 9. The highest BCUT2D eigenvalue weighted by Gasteiger charge is 2.52. The molecule has 4 aromatic heterocycles. The van der Waals surface area contributed by atoms with Crippen molar-refractivity contribution in [2.45, 2.75) is 43.7 Å². The first-order valence-corrected chi connectivity index (χ1v) is 15.2. The van der Waals surface area contributed by atoms with Crippen LogP contribution in [0.15, 0.2) is 66.4 Å². The number of thiazole rings is 1. The molecule has 4 unspecified atom stereocenters. The highest BCUT2D eigenvalue weighted by atomic mass is 35.5. The summed E-state index contributed by atoms with van der Waals surface area (Å²) in [6.07, 6.45) is -0.367. The largest absolute Gasteiger partial charge is 0.388 e. The maximum absolute atomic E-state index is 12.1. The summed E-state index contributed by atoms with van der Waals surface area (Å²) < 4.78 is 24.7. The molecule has 6 atom stereocenters. The minimum Gasteiger partial charge on any atom is -0.388 e. The van der Waals surface area contributed by atoms with E-state index in [0.717, 1.165) is 22.3 Å². The summed E-state index contributed by atoms with van der Waals surface area (Å²) in [5, 5.41) is 32.5. The molecular weight excluding hydrogens is 606 g/mol. The number of fused-ring (bicyclic) bond motifs is 2. The zero-order valence-corrected chi connectivity index (χ0v) is 25.1. The molecule has 0 amide bonds. The van der Waals surface area contributed by atoms with E-state index in [2.05, 4.69) is 30.5 Å². The van der Waals surface area contributed by atoms with E-state index in [4.69, 9.17) is 25.8 Å². The first-order chi connectivity index (χ1) is 21.4. The Morgan fingerprint density at radius 2 is 1.93 bits per heavy atom. The summed E-state index contributed by atoms with van der Waals surface area (Å²) in [7, 11) is 1.94. The van der Waals surface area contributed by atoms with Gasteiger partial charge in [-0.3, -0.25) is 4.57 Å². The van der Waals surface area contributed by atoms with Crippen LogP contribution in [-0.4, -0.2) is 74.3 Å². The van der Waals surface area contributed by atoms with Crippen LogP contribution in [0.1, 0.15) is 35.6 Å². The van der Waals surface area contributed by atoms with Gasteiger partial charge in [-0.05, 0) is 25.1 Å². The summed E-state index contributed by atoms with van der Waals surface area (Å²) in [4.78, 5) is 8.76. The van der Waals surface area contributed by atoms with Crippen molar-refractivity contribution in [1.29, 1.82) is 0 Å². The molecule has 0 spiro atoms. The normalized spacial score (nSPS) is 25.4. The second-order valence-corrected chi connectivity index (χ2v) is 12.0. The fourth-order valence-corrected chi connectivity index (χ4v) is 6.83. The van der Waals surface area contributed by atoms with Gasteiger partial charge in [-0.1, -0.05) is 47.1 Å². The van der Waals surface area contributed by atoms with Gasteiger partial charge in [-0.15, -0.1) is 26.6 Å². The molecule has 6 aromatic rings. The molecule has 1 N–H and O–H groups in total. The number of benzene rings is 2. The Hall–Kier alpha value is -4.05. The molecule has 2 fully saturated rings. The van der Waals surface area contributed by atoms with Crippen molar-refractivity contribution < 1.29 is 19.3 Å². The molecule has 2 aromatic carbocycles. The first-order valence-electron chi connectivity index (χ1n) is 14.0. The fraction of sp³-hybridized carbons (Fsp3) is 0.310. The van der Waals surface area contributed by atoms with Gasteiger partial charge < -0.3 is 23.9 Å². The van der Waals surface area contributed by atoms with Crippen LogP contribution in [-0.2, 0) is 21.3 Å². The van der Waals surface area contributed by atoms with Crippen LogP contribution in [0.2, 0.25) is 5.15 Å². The Balaban J connectivity index is 1.20. The predicted octanol–water partition coefficient (Wildman–Crippen LogP) is 3.99. The van der Waals surface area contributed by atoms with Gasteiger partial charge >= 0.3 is 0 Å². The Kier molecular flexibility index (Phi) is 6.77. The van der Waals surface area contributed by atoms with Crippen molar-refractivity contribution in [3.8, 4) is 16.4 Å². The first kappa shape index (κ1) is 27.5. The molecule has 224 valence electrons. The fourth-order valence-electron chi connectivity index (χ4n) is 5.94. The molecule has 6 heterocycles. The number of aryl methyl sites for hydroxylation is 2. The monoisotopic (exact) mass is 631 g/mol. The van der Waals surface area contributed by atoms with E-state index >= 15 is 0 Å². The molecule has 2 aliphatic rings. The van der Waals surface area contributed by atoms with Crippen LogP contribution in [0.3, 0.4) is 0 Å². The number of aliphatic hydroxyl groups is 1. The number of nitrogens with zero attached hydrogens (tertiary/aromatic N) is 9. The van der Waals surface area contributed by atoms with Gasteiger partial charge in [0.05, 0.1) is 35.9 Å². The number of rotatable bonds is 5. The topological polar surface area (TPSA) is 140 Å². The number of hydrogen-bond donors (Lipinski definition) is 1. The summed E-state index contributed by atoms with van der Waals surface area (Å²) >= 11 is 7.44. The average molecular weight is 632 g/mol. The standard InChI is InChI=1S/C29H26ClN9O4S/c1-15-33-35-27(39(15)17-8-9-18-20(10-17)37(2)14-31-18)26-24(40)23(38-11-19(34-36-38)28-32-22(30)13-44-28)25-21(42-26)12-41-29(43-25)16-6-4-3-5-7-16/h3-11,13-14,21,23-26,29,40H,12H2,1-2H3/t21?,23?,24?,25-,26+,29?/m0/s1. The molecule has 13 nitrogen and oxygen atoms in total. The van der Waals surface area contributed by atoms with Gasteiger partial charge in [-0.2, -0.15) is 0 Å². The third-order valence-electron chi connectivity index (χ3n) is 8.03. The summed E-state index contributed by atoms with van der Waals surface area (Å²) in [5.74, 6) is 1.08. The Bertz CT molecular complexity index is 1960. The van der Waals surface area contributed by atoms with E-state index < -0.39 is 36.7 Å². The van der Waals surface area contributed by atoms with Crippen LogP contribution >= 0.6 is 22.9 Å². The minimum atomic E-state index is -1.15. The van der Waals surface area contributed by atoms with Gasteiger partial charge in [-0.25, -0.2) is 14.6 Å².